The largest absolute Gasteiger partial charge is 0.351 e. The van der Waals surface area contributed by atoms with E-state index in [2.05, 4.69) is 10.6 Å². The zero-order valence-electron chi connectivity index (χ0n) is 15.9. The Morgan fingerprint density at radius 3 is 1.48 bits per heavy atom. The number of nitrogens with zero attached hydrogens (tertiary/aromatic N) is 2. The van der Waals surface area contributed by atoms with Crippen molar-refractivity contribution in [2.24, 2.45) is 5.41 Å². The van der Waals surface area contributed by atoms with E-state index in [1.54, 1.807) is 13.8 Å². The fourth-order valence-corrected chi connectivity index (χ4v) is 2.54. The Morgan fingerprint density at radius 1 is 0.793 bits per heavy atom. The minimum atomic E-state index is -0.632. The molecule has 2 N–H and O–H groups in total. The number of amides is 2. The van der Waals surface area contributed by atoms with E-state index in [1.807, 2.05) is 0 Å². The molecule has 0 heterocycles. The lowest BCUT2D eigenvalue weighted by molar-refractivity contribution is -0.385. The summed E-state index contributed by atoms with van der Waals surface area (Å²) in [6.45, 7) is 3.78. The summed E-state index contributed by atoms with van der Waals surface area (Å²) in [6, 6.07) is 11.2. The lowest BCUT2D eigenvalue weighted by Gasteiger charge is -2.25. The molecule has 0 fully saturated rings. The number of hydrogen-bond donors (Lipinski definition) is 2. The van der Waals surface area contributed by atoms with Gasteiger partial charge in [-0.2, -0.15) is 0 Å². The van der Waals surface area contributed by atoms with Gasteiger partial charge in [0.2, 0.25) is 0 Å². The van der Waals surface area contributed by atoms with Crippen LogP contribution in [0.25, 0.3) is 0 Å². The average Bonchev–Trinajstić information content (AvgIpc) is 2.70. The van der Waals surface area contributed by atoms with Gasteiger partial charge in [0.05, 0.1) is 9.85 Å². The van der Waals surface area contributed by atoms with Crippen LogP contribution in [0.1, 0.15) is 34.6 Å². The SMILES string of the molecule is CC(C)(CNC(=O)c1ccccc1[N+](=O)[O-])CNC(=O)c1ccccc1[N+](=O)[O-]. The van der Waals surface area contributed by atoms with Gasteiger partial charge in [0.15, 0.2) is 0 Å². The van der Waals surface area contributed by atoms with Crippen molar-refractivity contribution in [1.82, 2.24) is 10.6 Å². The van der Waals surface area contributed by atoms with Gasteiger partial charge in [-0.25, -0.2) is 0 Å². The molecule has 0 saturated heterocycles. The molecule has 0 spiro atoms. The van der Waals surface area contributed by atoms with Gasteiger partial charge in [0.1, 0.15) is 11.1 Å². The van der Waals surface area contributed by atoms with Crippen molar-refractivity contribution in [1.29, 1.82) is 0 Å². The molecular formula is C19H20N4O6. The summed E-state index contributed by atoms with van der Waals surface area (Å²) in [5, 5.41) is 27.3. The first-order valence-corrected chi connectivity index (χ1v) is 8.65. The molecule has 2 aromatic rings. The quantitative estimate of drug-likeness (QED) is 0.515. The number of carbonyl (C=O) groups excluding carboxylic acids is 2. The van der Waals surface area contributed by atoms with Gasteiger partial charge in [0, 0.05) is 25.2 Å². The molecule has 29 heavy (non-hydrogen) atoms. The lowest BCUT2D eigenvalue weighted by Crippen LogP contribution is -2.42. The van der Waals surface area contributed by atoms with Gasteiger partial charge < -0.3 is 10.6 Å². The van der Waals surface area contributed by atoms with Gasteiger partial charge in [-0.15, -0.1) is 0 Å². The van der Waals surface area contributed by atoms with Crippen molar-refractivity contribution in [2.45, 2.75) is 13.8 Å². The molecule has 0 atom stereocenters. The minimum Gasteiger partial charge on any atom is -0.351 e. The third-order valence-corrected chi connectivity index (χ3v) is 4.15. The maximum absolute atomic E-state index is 12.3. The van der Waals surface area contributed by atoms with Crippen molar-refractivity contribution in [3.05, 3.63) is 79.9 Å². The fourth-order valence-electron chi connectivity index (χ4n) is 2.54. The molecule has 0 bridgehead atoms. The third-order valence-electron chi connectivity index (χ3n) is 4.15. The first kappa shape index (κ1) is 21.5. The Balaban J connectivity index is 1.99. The van der Waals surface area contributed by atoms with Crippen LogP contribution in [0.4, 0.5) is 11.4 Å². The van der Waals surface area contributed by atoms with Crippen LogP contribution < -0.4 is 10.6 Å². The Labute approximate surface area is 166 Å². The fraction of sp³-hybridized carbons (Fsp3) is 0.263. The predicted molar refractivity (Wildman–Crippen MR) is 105 cm³/mol. The van der Waals surface area contributed by atoms with Crippen LogP contribution in [0, 0.1) is 25.6 Å². The van der Waals surface area contributed by atoms with E-state index in [9.17, 15) is 29.8 Å². The Hall–Kier alpha value is -3.82. The van der Waals surface area contributed by atoms with Crippen LogP contribution in [0.2, 0.25) is 0 Å². The highest BCUT2D eigenvalue weighted by atomic mass is 16.6. The van der Waals surface area contributed by atoms with Crippen molar-refractivity contribution in [2.75, 3.05) is 13.1 Å². The molecule has 0 aromatic heterocycles. The second kappa shape index (κ2) is 8.91. The first-order valence-electron chi connectivity index (χ1n) is 8.65. The van der Waals surface area contributed by atoms with E-state index in [0.717, 1.165) is 0 Å². The number of benzene rings is 2. The highest BCUT2D eigenvalue weighted by Gasteiger charge is 2.25. The molecule has 0 aliphatic rings. The smallest absolute Gasteiger partial charge is 0.282 e. The van der Waals surface area contributed by atoms with Crippen molar-refractivity contribution < 1.29 is 19.4 Å². The van der Waals surface area contributed by atoms with Gasteiger partial charge in [-0.3, -0.25) is 29.8 Å². The summed E-state index contributed by atoms with van der Waals surface area (Å²) < 4.78 is 0. The number of nitrogens with one attached hydrogen (secondary N) is 2. The summed E-state index contributed by atoms with van der Waals surface area (Å²) >= 11 is 0. The summed E-state index contributed by atoms with van der Waals surface area (Å²) in [7, 11) is 0. The van der Waals surface area contributed by atoms with Crippen molar-refractivity contribution in [3.63, 3.8) is 0 Å². The van der Waals surface area contributed by atoms with Crippen LogP contribution in [-0.4, -0.2) is 34.8 Å². The number of hydrogen-bond acceptors (Lipinski definition) is 6. The molecular weight excluding hydrogens is 380 g/mol. The Morgan fingerprint density at radius 2 is 1.14 bits per heavy atom. The summed E-state index contributed by atoms with van der Waals surface area (Å²) in [5.74, 6) is -1.20. The molecule has 0 unspecified atom stereocenters. The number of para-hydroxylation sites is 2. The topological polar surface area (TPSA) is 144 Å². The van der Waals surface area contributed by atoms with E-state index in [4.69, 9.17) is 0 Å². The zero-order valence-corrected chi connectivity index (χ0v) is 15.9. The first-order chi connectivity index (χ1) is 13.6. The normalized spacial score (nSPS) is 10.8. The second-order valence-electron chi connectivity index (χ2n) is 7.08. The molecule has 10 heteroatoms. The average molecular weight is 400 g/mol. The second-order valence-corrected chi connectivity index (χ2v) is 7.08. The van der Waals surface area contributed by atoms with Crippen LogP contribution in [-0.2, 0) is 0 Å². The maximum atomic E-state index is 12.3. The van der Waals surface area contributed by atoms with E-state index >= 15 is 0 Å². The van der Waals surface area contributed by atoms with Crippen LogP contribution in [0.15, 0.2) is 48.5 Å². The lowest BCUT2D eigenvalue weighted by atomic mass is 9.93. The highest BCUT2D eigenvalue weighted by Crippen LogP contribution is 2.20. The third kappa shape index (κ3) is 5.58. The number of nitro benzene ring substituents is 2. The number of carbonyl (C=O) groups is 2. The number of nitro groups is 2. The summed E-state index contributed by atoms with van der Waals surface area (Å²) in [5.41, 5.74) is -1.33. The van der Waals surface area contributed by atoms with Gasteiger partial charge >= 0.3 is 0 Å². The monoisotopic (exact) mass is 400 g/mol. The maximum Gasteiger partial charge on any atom is 0.282 e. The molecule has 0 saturated carbocycles. The highest BCUT2D eigenvalue weighted by molar-refractivity contribution is 5.98. The molecule has 2 aromatic carbocycles. The van der Waals surface area contributed by atoms with E-state index in [1.165, 1.54) is 48.5 Å². The molecule has 0 aliphatic carbocycles. The molecule has 0 radical (unpaired) electrons. The standard InChI is InChI=1S/C19H20N4O6/c1-19(2,11-20-17(24)13-7-3-5-9-15(13)22(26)27)12-21-18(25)14-8-4-6-10-16(14)23(28)29/h3-10H,11-12H2,1-2H3,(H,20,24)(H,21,25). The molecule has 0 aliphatic heterocycles. The van der Waals surface area contributed by atoms with E-state index in [-0.39, 0.29) is 35.6 Å². The van der Waals surface area contributed by atoms with Crippen molar-refractivity contribution in [3.8, 4) is 0 Å². The Kier molecular flexibility index (Phi) is 6.60. The zero-order chi connectivity index (χ0) is 21.6. The summed E-state index contributed by atoms with van der Waals surface area (Å²) in [4.78, 5) is 45.5. The minimum absolute atomic E-state index is 0.0581. The van der Waals surface area contributed by atoms with Crippen LogP contribution in [0.3, 0.4) is 0 Å². The van der Waals surface area contributed by atoms with Gasteiger partial charge in [-0.1, -0.05) is 38.1 Å². The van der Waals surface area contributed by atoms with Gasteiger partial charge in [0.25, 0.3) is 23.2 Å². The van der Waals surface area contributed by atoms with Crippen LogP contribution >= 0.6 is 0 Å². The summed E-state index contributed by atoms with van der Waals surface area (Å²) in [6.07, 6.45) is 0. The van der Waals surface area contributed by atoms with Gasteiger partial charge in [-0.05, 0) is 17.5 Å². The van der Waals surface area contributed by atoms with Crippen LogP contribution in [0.5, 0.6) is 0 Å². The van der Waals surface area contributed by atoms with E-state index in [0.29, 0.717) is 0 Å². The Bertz CT molecular complexity index is 882. The van der Waals surface area contributed by atoms with Crippen molar-refractivity contribution >= 4 is 23.2 Å². The predicted octanol–water partition coefficient (Wildman–Crippen LogP) is 2.69. The number of rotatable bonds is 8. The molecule has 2 rings (SSSR count). The van der Waals surface area contributed by atoms with E-state index < -0.39 is 27.1 Å². The molecule has 152 valence electrons. The molecule has 10 nitrogen and oxygen atoms in total. The molecule has 2 amide bonds.